The van der Waals surface area contributed by atoms with Crippen molar-refractivity contribution in [2.45, 2.75) is 5.54 Å². The van der Waals surface area contributed by atoms with Crippen molar-refractivity contribution in [1.82, 2.24) is 14.1 Å². The van der Waals surface area contributed by atoms with E-state index >= 15 is 0 Å². The number of anilines is 2. The minimum Gasteiger partial charge on any atom is -0.315 e. The molecule has 0 bridgehead atoms. The Labute approximate surface area is 248 Å². The molecule has 1 aliphatic heterocycles. The van der Waals surface area contributed by atoms with Crippen LogP contribution in [0.1, 0.15) is 16.7 Å². The zero-order valence-corrected chi connectivity index (χ0v) is 23.6. The second-order valence-corrected chi connectivity index (χ2v) is 11.7. The normalized spacial score (nSPS) is 14.3. The van der Waals surface area contributed by atoms with Gasteiger partial charge in [-0.05, 0) is 58.7 Å². The van der Waals surface area contributed by atoms with E-state index in [0.29, 0.717) is 0 Å². The van der Waals surface area contributed by atoms with Crippen molar-refractivity contribution in [3.8, 4) is 16.8 Å². The summed E-state index contributed by atoms with van der Waals surface area (Å²) in [6.07, 6.45) is 0. The molecule has 1 spiro atoms. The highest BCUT2D eigenvalue weighted by atomic mass is 15.4. The van der Waals surface area contributed by atoms with E-state index in [1.807, 2.05) is 0 Å². The van der Waals surface area contributed by atoms with E-state index < -0.39 is 5.54 Å². The summed E-state index contributed by atoms with van der Waals surface area (Å²) in [6.45, 7) is 0. The fourth-order valence-corrected chi connectivity index (χ4v) is 7.98. The van der Waals surface area contributed by atoms with E-state index in [4.69, 9.17) is 4.98 Å². The molecule has 43 heavy (non-hydrogen) atoms. The summed E-state index contributed by atoms with van der Waals surface area (Å²) >= 11 is 0. The molecule has 4 nitrogen and oxygen atoms in total. The van der Waals surface area contributed by atoms with Gasteiger partial charge in [0.2, 0.25) is 5.95 Å². The monoisotopic (exact) mass is 550 g/mol. The van der Waals surface area contributed by atoms with Gasteiger partial charge in [-0.2, -0.15) is 0 Å². The second kappa shape index (κ2) is 8.02. The maximum atomic E-state index is 5.27. The zero-order chi connectivity index (χ0) is 28.3. The minimum atomic E-state index is -0.556. The van der Waals surface area contributed by atoms with Crippen LogP contribution in [0, 0.1) is 0 Å². The predicted octanol–water partition coefficient (Wildman–Crippen LogP) is 9.04. The molecule has 6 aromatic carbocycles. The molecule has 2 aliphatic rings. The number of aromatic nitrogens is 3. The fraction of sp³-hybridized carbons (Fsp3) is 0.0513. The van der Waals surface area contributed by atoms with Gasteiger partial charge < -0.3 is 9.47 Å². The van der Waals surface area contributed by atoms with Gasteiger partial charge in [0, 0.05) is 29.1 Å². The number of hydrogen-bond acceptors (Lipinski definition) is 2. The largest absolute Gasteiger partial charge is 0.315 e. The Hall–Kier alpha value is -5.61. The van der Waals surface area contributed by atoms with Gasteiger partial charge in [-0.15, -0.1) is 0 Å². The summed E-state index contributed by atoms with van der Waals surface area (Å²) in [7, 11) is 2.16. The quantitative estimate of drug-likeness (QED) is 0.204. The average molecular weight is 551 g/mol. The Bertz CT molecular complexity index is 2340. The lowest BCUT2D eigenvalue weighted by atomic mass is 9.77. The third-order valence-electron chi connectivity index (χ3n) is 9.67. The van der Waals surface area contributed by atoms with Crippen molar-refractivity contribution in [3.05, 3.63) is 156 Å². The van der Waals surface area contributed by atoms with Crippen molar-refractivity contribution in [2.75, 3.05) is 11.9 Å². The van der Waals surface area contributed by atoms with E-state index in [1.165, 1.54) is 49.6 Å². The number of fused-ring (bicyclic) bond motifs is 14. The van der Waals surface area contributed by atoms with Crippen LogP contribution in [0.2, 0.25) is 0 Å². The van der Waals surface area contributed by atoms with Crippen molar-refractivity contribution in [2.24, 2.45) is 0 Å². The van der Waals surface area contributed by atoms with Crippen LogP contribution in [-0.4, -0.2) is 21.2 Å². The topological polar surface area (TPSA) is 26.0 Å². The molecule has 4 heteroatoms. The zero-order valence-electron chi connectivity index (χ0n) is 23.6. The maximum absolute atomic E-state index is 5.27. The second-order valence-electron chi connectivity index (χ2n) is 11.7. The summed E-state index contributed by atoms with van der Waals surface area (Å²) in [6, 6.07) is 50.8. The Morgan fingerprint density at radius 1 is 0.535 bits per heavy atom. The summed E-state index contributed by atoms with van der Waals surface area (Å²) in [5, 5.41) is 2.53. The summed E-state index contributed by atoms with van der Waals surface area (Å²) in [5.41, 5.74) is 12.7. The summed E-state index contributed by atoms with van der Waals surface area (Å²) in [5.74, 6) is 0.944. The molecule has 0 unspecified atom stereocenters. The fourth-order valence-electron chi connectivity index (χ4n) is 7.98. The van der Waals surface area contributed by atoms with Crippen LogP contribution in [0.3, 0.4) is 0 Å². The van der Waals surface area contributed by atoms with Gasteiger partial charge in [-0.1, -0.05) is 103 Å². The van der Waals surface area contributed by atoms with Crippen LogP contribution in [0.4, 0.5) is 11.6 Å². The van der Waals surface area contributed by atoms with Crippen LogP contribution < -0.4 is 4.90 Å². The number of hydrogen-bond donors (Lipinski definition) is 0. The van der Waals surface area contributed by atoms with Gasteiger partial charge in [0.1, 0.15) is 5.54 Å². The molecular formula is C39H26N4. The van der Waals surface area contributed by atoms with Crippen LogP contribution in [-0.2, 0) is 5.54 Å². The van der Waals surface area contributed by atoms with Crippen LogP contribution >= 0.6 is 0 Å². The van der Waals surface area contributed by atoms with E-state index in [9.17, 15) is 0 Å². The van der Waals surface area contributed by atoms with Crippen LogP contribution in [0.25, 0.3) is 49.7 Å². The highest BCUT2D eigenvalue weighted by Gasteiger charge is 2.52. The molecule has 202 valence electrons. The first-order chi connectivity index (χ1) is 21.3. The molecule has 3 heterocycles. The summed E-state index contributed by atoms with van der Waals surface area (Å²) in [4.78, 5) is 7.55. The Morgan fingerprint density at radius 2 is 1.09 bits per heavy atom. The van der Waals surface area contributed by atoms with Crippen molar-refractivity contribution in [3.63, 3.8) is 0 Å². The highest BCUT2D eigenvalue weighted by molar-refractivity contribution is 6.09. The van der Waals surface area contributed by atoms with E-state index in [0.717, 1.165) is 28.4 Å². The lowest BCUT2D eigenvalue weighted by molar-refractivity contribution is 0.530. The smallest absolute Gasteiger partial charge is 0.212 e. The first-order valence-corrected chi connectivity index (χ1v) is 14.8. The molecule has 2 aromatic heterocycles. The van der Waals surface area contributed by atoms with Crippen molar-refractivity contribution < 1.29 is 0 Å². The Balaban J connectivity index is 1.35. The molecule has 0 saturated carbocycles. The first kappa shape index (κ1) is 23.0. The molecule has 0 saturated heterocycles. The molecule has 0 atom stereocenters. The van der Waals surface area contributed by atoms with Crippen molar-refractivity contribution >= 4 is 44.5 Å². The molecule has 8 aromatic rings. The highest BCUT2D eigenvalue weighted by Crippen LogP contribution is 2.59. The van der Waals surface area contributed by atoms with Gasteiger partial charge in [0.05, 0.1) is 27.8 Å². The molecular weight excluding hydrogens is 524 g/mol. The van der Waals surface area contributed by atoms with Gasteiger partial charge in [-0.25, -0.2) is 4.98 Å². The summed E-state index contributed by atoms with van der Waals surface area (Å²) < 4.78 is 4.88. The predicted molar refractivity (Wildman–Crippen MR) is 176 cm³/mol. The molecule has 0 radical (unpaired) electrons. The number of nitrogens with zero attached hydrogens (tertiary/aromatic N) is 4. The number of para-hydroxylation sites is 4. The third kappa shape index (κ3) is 2.69. The Morgan fingerprint density at radius 3 is 1.77 bits per heavy atom. The van der Waals surface area contributed by atoms with Crippen LogP contribution in [0.5, 0.6) is 0 Å². The van der Waals surface area contributed by atoms with E-state index in [-0.39, 0.29) is 0 Å². The Kier molecular flexibility index (Phi) is 4.29. The first-order valence-electron chi connectivity index (χ1n) is 14.8. The standard InChI is InChI=1S/C39H26N4/c1-41-37-24-25(42-34-19-9-4-14-28(34)29-15-5-10-20-35(29)42)22-23-32(37)39(43-36-21-11-8-18-33(36)40-38(41)43)30-16-6-2-12-26(30)27-13-3-7-17-31(27)39/h2-24H,1H3. The maximum Gasteiger partial charge on any atom is 0.212 e. The SMILES string of the molecule is CN1c2cc(-n3c4ccccc4c4ccccc43)ccc2C2(c3ccccc3-c3ccccc32)n2c1nc1ccccc12. The van der Waals surface area contributed by atoms with E-state index in [2.05, 4.69) is 161 Å². The number of imidazole rings is 1. The van der Waals surface area contributed by atoms with E-state index in [1.54, 1.807) is 0 Å². The molecule has 0 N–H and O–H groups in total. The average Bonchev–Trinajstić information content (AvgIpc) is 3.71. The molecule has 10 rings (SSSR count). The van der Waals surface area contributed by atoms with Gasteiger partial charge in [0.15, 0.2) is 0 Å². The third-order valence-corrected chi connectivity index (χ3v) is 9.67. The molecule has 0 amide bonds. The van der Waals surface area contributed by atoms with Gasteiger partial charge in [-0.3, -0.25) is 4.57 Å². The number of rotatable bonds is 1. The molecule has 0 fully saturated rings. The lowest BCUT2D eigenvalue weighted by Crippen LogP contribution is -2.42. The minimum absolute atomic E-state index is 0.556. The van der Waals surface area contributed by atoms with Crippen LogP contribution in [0.15, 0.2) is 140 Å². The molecule has 1 aliphatic carbocycles. The van der Waals surface area contributed by atoms with Gasteiger partial charge in [0.25, 0.3) is 0 Å². The van der Waals surface area contributed by atoms with Gasteiger partial charge >= 0.3 is 0 Å². The van der Waals surface area contributed by atoms with Crippen molar-refractivity contribution in [1.29, 1.82) is 0 Å². The number of benzene rings is 6. The lowest BCUT2D eigenvalue weighted by Gasteiger charge is -2.43.